The summed E-state index contributed by atoms with van der Waals surface area (Å²) in [7, 11) is 0. The summed E-state index contributed by atoms with van der Waals surface area (Å²) in [6.45, 7) is 3.21. The van der Waals surface area contributed by atoms with Crippen LogP contribution in [0.5, 0.6) is 0 Å². The molecule has 0 amide bonds. The van der Waals surface area contributed by atoms with Crippen molar-refractivity contribution in [2.45, 2.75) is 19.4 Å². The van der Waals surface area contributed by atoms with Crippen molar-refractivity contribution in [3.05, 3.63) is 56.6 Å². The molecule has 3 rings (SSSR count). The van der Waals surface area contributed by atoms with Crippen LogP contribution in [0.1, 0.15) is 22.7 Å². The fraction of sp³-hybridized carbons (Fsp3) is 0.250. The van der Waals surface area contributed by atoms with Crippen LogP contribution in [0, 0.1) is 0 Å². The predicted octanol–water partition coefficient (Wildman–Crippen LogP) is 5.51. The normalized spacial score (nSPS) is 12.9. The van der Waals surface area contributed by atoms with E-state index in [4.69, 9.17) is 11.6 Å². The lowest BCUT2D eigenvalue weighted by molar-refractivity contribution is 0.587. The minimum Gasteiger partial charge on any atom is -0.309 e. The van der Waals surface area contributed by atoms with E-state index in [-0.39, 0.29) is 0 Å². The maximum Gasteiger partial charge on any atom is 0.0931 e. The Balaban J connectivity index is 1.59. The van der Waals surface area contributed by atoms with Crippen LogP contribution < -0.4 is 5.32 Å². The van der Waals surface area contributed by atoms with Gasteiger partial charge in [0.25, 0.3) is 0 Å². The van der Waals surface area contributed by atoms with E-state index in [9.17, 15) is 0 Å². The van der Waals surface area contributed by atoms with E-state index < -0.39 is 0 Å². The zero-order valence-corrected chi connectivity index (χ0v) is 13.6. The van der Waals surface area contributed by atoms with E-state index in [1.807, 2.05) is 17.4 Å². The first-order valence-corrected chi connectivity index (χ1v) is 8.69. The highest BCUT2D eigenvalue weighted by Gasteiger charge is 2.09. The van der Waals surface area contributed by atoms with Crippen molar-refractivity contribution in [3.8, 4) is 0 Å². The summed E-state index contributed by atoms with van der Waals surface area (Å²) in [5.41, 5.74) is 0. The summed E-state index contributed by atoms with van der Waals surface area (Å²) in [5.74, 6) is 0. The van der Waals surface area contributed by atoms with E-state index in [2.05, 4.69) is 48.6 Å². The highest BCUT2D eigenvalue weighted by atomic mass is 35.5. The summed E-state index contributed by atoms with van der Waals surface area (Å²) in [4.78, 5) is 2.74. The van der Waals surface area contributed by atoms with Gasteiger partial charge in [-0.15, -0.1) is 22.7 Å². The molecule has 1 unspecified atom stereocenters. The molecule has 3 aromatic rings. The second-order valence-electron chi connectivity index (χ2n) is 4.82. The van der Waals surface area contributed by atoms with Crippen LogP contribution >= 0.6 is 34.3 Å². The number of hydrogen-bond acceptors (Lipinski definition) is 3. The molecule has 0 aliphatic carbocycles. The van der Waals surface area contributed by atoms with Gasteiger partial charge in [-0.25, -0.2) is 0 Å². The van der Waals surface area contributed by atoms with Gasteiger partial charge in [0.2, 0.25) is 0 Å². The molecule has 0 fully saturated rings. The Morgan fingerprint density at radius 2 is 2.00 bits per heavy atom. The van der Waals surface area contributed by atoms with E-state index in [1.54, 1.807) is 11.3 Å². The molecule has 0 aliphatic rings. The van der Waals surface area contributed by atoms with E-state index in [0.29, 0.717) is 6.04 Å². The zero-order valence-electron chi connectivity index (χ0n) is 11.2. The van der Waals surface area contributed by atoms with Crippen LogP contribution in [0.4, 0.5) is 0 Å². The summed E-state index contributed by atoms with van der Waals surface area (Å²) < 4.78 is 2.23. The average Bonchev–Trinajstić information content (AvgIpc) is 3.04. The second-order valence-corrected chi connectivity index (χ2v) is 7.73. The number of halogens is 1. The Kier molecular flexibility index (Phi) is 4.41. The summed E-state index contributed by atoms with van der Waals surface area (Å²) in [6.07, 6.45) is 1.03. The van der Waals surface area contributed by atoms with E-state index >= 15 is 0 Å². The molecular formula is C16H16ClNS2. The molecule has 0 aliphatic heterocycles. The first-order valence-electron chi connectivity index (χ1n) is 6.68. The number of thiophene rings is 2. The van der Waals surface area contributed by atoms with E-state index in [1.165, 1.54) is 19.8 Å². The average molecular weight is 322 g/mol. The lowest BCUT2D eigenvalue weighted by atomic mass is 10.2. The molecule has 1 aromatic carbocycles. The van der Waals surface area contributed by atoms with Gasteiger partial charge >= 0.3 is 0 Å². The minimum absolute atomic E-state index is 0.392. The maximum absolute atomic E-state index is 5.94. The molecule has 0 saturated heterocycles. The Bertz CT molecular complexity index is 668. The molecular weight excluding hydrogens is 306 g/mol. The molecule has 0 spiro atoms. The van der Waals surface area contributed by atoms with Crippen LogP contribution in [0.25, 0.3) is 10.1 Å². The first-order chi connectivity index (χ1) is 9.72. The standard InChI is InChI=1S/C16H16ClNS2/c1-11(18-9-8-13-6-7-16(17)19-13)15-10-12-4-2-3-5-14(12)20-15/h2-7,10-11,18H,8-9H2,1H3. The number of rotatable bonds is 5. The molecule has 20 heavy (non-hydrogen) atoms. The molecule has 2 heterocycles. The topological polar surface area (TPSA) is 12.0 Å². The van der Waals surface area contributed by atoms with Gasteiger partial charge in [0.05, 0.1) is 4.34 Å². The highest BCUT2D eigenvalue weighted by molar-refractivity contribution is 7.19. The second kappa shape index (κ2) is 6.27. The number of benzene rings is 1. The van der Waals surface area contributed by atoms with Crippen LogP contribution in [-0.4, -0.2) is 6.54 Å². The van der Waals surface area contributed by atoms with Gasteiger partial charge in [0.1, 0.15) is 0 Å². The molecule has 1 nitrogen and oxygen atoms in total. The van der Waals surface area contributed by atoms with Crippen LogP contribution in [0.15, 0.2) is 42.5 Å². The molecule has 0 bridgehead atoms. The van der Waals surface area contributed by atoms with Gasteiger partial charge in [-0.3, -0.25) is 0 Å². The molecule has 1 N–H and O–H groups in total. The van der Waals surface area contributed by atoms with Crippen molar-refractivity contribution in [2.24, 2.45) is 0 Å². The largest absolute Gasteiger partial charge is 0.309 e. The smallest absolute Gasteiger partial charge is 0.0931 e. The van der Waals surface area contributed by atoms with Crippen molar-refractivity contribution in [1.29, 1.82) is 0 Å². The van der Waals surface area contributed by atoms with Crippen LogP contribution in [-0.2, 0) is 6.42 Å². The van der Waals surface area contributed by atoms with Crippen LogP contribution in [0.3, 0.4) is 0 Å². The summed E-state index contributed by atoms with van der Waals surface area (Å²) in [5, 5.41) is 4.93. The number of nitrogens with one attached hydrogen (secondary N) is 1. The Morgan fingerprint density at radius 3 is 2.75 bits per heavy atom. The van der Waals surface area contributed by atoms with Gasteiger partial charge in [0.15, 0.2) is 0 Å². The van der Waals surface area contributed by atoms with Gasteiger partial charge in [-0.1, -0.05) is 29.8 Å². The third-order valence-electron chi connectivity index (χ3n) is 3.32. The highest BCUT2D eigenvalue weighted by Crippen LogP contribution is 2.29. The summed E-state index contributed by atoms with van der Waals surface area (Å²) in [6, 6.07) is 15.3. The predicted molar refractivity (Wildman–Crippen MR) is 91.3 cm³/mol. The number of fused-ring (bicyclic) bond motifs is 1. The SMILES string of the molecule is CC(NCCc1ccc(Cl)s1)c1cc2ccccc2s1. The Labute approximate surface area is 132 Å². The molecule has 104 valence electrons. The van der Waals surface area contributed by atoms with Gasteiger partial charge in [-0.2, -0.15) is 0 Å². The molecule has 1 atom stereocenters. The monoisotopic (exact) mass is 321 g/mol. The fourth-order valence-corrected chi connectivity index (χ4v) is 4.39. The molecule has 0 saturated carbocycles. The van der Waals surface area contributed by atoms with Crippen molar-refractivity contribution < 1.29 is 0 Å². The molecule has 0 radical (unpaired) electrons. The van der Waals surface area contributed by atoms with Crippen molar-refractivity contribution in [1.82, 2.24) is 5.32 Å². The third kappa shape index (κ3) is 3.23. The molecule has 4 heteroatoms. The van der Waals surface area contributed by atoms with Crippen molar-refractivity contribution in [2.75, 3.05) is 6.54 Å². The van der Waals surface area contributed by atoms with E-state index in [0.717, 1.165) is 17.3 Å². The van der Waals surface area contributed by atoms with Crippen LogP contribution in [0.2, 0.25) is 4.34 Å². The first kappa shape index (κ1) is 14.1. The van der Waals surface area contributed by atoms with Gasteiger partial charge < -0.3 is 5.32 Å². The van der Waals surface area contributed by atoms with Crippen molar-refractivity contribution >= 4 is 44.4 Å². The lowest BCUT2D eigenvalue weighted by Crippen LogP contribution is -2.20. The Hall–Kier alpha value is -0.870. The Morgan fingerprint density at radius 1 is 1.15 bits per heavy atom. The summed E-state index contributed by atoms with van der Waals surface area (Å²) >= 11 is 9.48. The van der Waals surface area contributed by atoms with Gasteiger partial charge in [0, 0.05) is 27.0 Å². The molecule has 2 aromatic heterocycles. The zero-order chi connectivity index (χ0) is 13.9. The van der Waals surface area contributed by atoms with Crippen molar-refractivity contribution in [3.63, 3.8) is 0 Å². The minimum atomic E-state index is 0.392. The third-order valence-corrected chi connectivity index (χ3v) is 5.91. The number of hydrogen-bond donors (Lipinski definition) is 1. The maximum atomic E-state index is 5.94. The quantitative estimate of drug-likeness (QED) is 0.653. The van der Waals surface area contributed by atoms with Gasteiger partial charge in [-0.05, 0) is 43.0 Å². The lowest BCUT2D eigenvalue weighted by Gasteiger charge is -2.11. The fourth-order valence-electron chi connectivity index (χ4n) is 2.21.